The van der Waals surface area contributed by atoms with Gasteiger partial charge in [0.15, 0.2) is 0 Å². The molecule has 0 aliphatic carbocycles. The van der Waals surface area contributed by atoms with Crippen molar-refractivity contribution in [3.63, 3.8) is 0 Å². The molecule has 0 radical (unpaired) electrons. The first-order valence-electron chi connectivity index (χ1n) is 9.08. The lowest BCUT2D eigenvalue weighted by atomic mass is 9.97. The highest BCUT2D eigenvalue weighted by molar-refractivity contribution is 5.70. The van der Waals surface area contributed by atoms with Crippen LogP contribution in [0.25, 0.3) is 22.4 Å². The van der Waals surface area contributed by atoms with Gasteiger partial charge in [0.1, 0.15) is 5.82 Å². The van der Waals surface area contributed by atoms with Gasteiger partial charge in [-0.15, -0.1) is 0 Å². The molecule has 1 aliphatic heterocycles. The van der Waals surface area contributed by atoms with Crippen molar-refractivity contribution in [1.29, 1.82) is 0 Å². The third-order valence-electron chi connectivity index (χ3n) is 5.05. The van der Waals surface area contributed by atoms with Crippen molar-refractivity contribution in [3.8, 4) is 22.4 Å². The molecule has 0 fully saturated rings. The number of halogens is 6. The van der Waals surface area contributed by atoms with E-state index in [0.717, 1.165) is 49.0 Å². The highest BCUT2D eigenvalue weighted by atomic mass is 19.4. The third-order valence-corrected chi connectivity index (χ3v) is 5.05. The average Bonchev–Trinajstić information content (AvgIpc) is 3.10. The van der Waals surface area contributed by atoms with Crippen molar-refractivity contribution in [3.05, 3.63) is 65.6 Å². The van der Waals surface area contributed by atoms with Crippen molar-refractivity contribution >= 4 is 0 Å². The van der Waals surface area contributed by atoms with Gasteiger partial charge in [-0.1, -0.05) is 30.3 Å². The van der Waals surface area contributed by atoms with Gasteiger partial charge >= 0.3 is 12.4 Å². The Kier molecular flexibility index (Phi) is 4.67. The largest absolute Gasteiger partial charge is 0.417 e. The summed E-state index contributed by atoms with van der Waals surface area (Å²) in [6.45, 7) is 0.909. The van der Waals surface area contributed by atoms with Crippen molar-refractivity contribution in [2.24, 2.45) is 0 Å². The predicted molar refractivity (Wildman–Crippen MR) is 96.0 cm³/mol. The van der Waals surface area contributed by atoms with Crippen molar-refractivity contribution < 1.29 is 26.3 Å². The summed E-state index contributed by atoms with van der Waals surface area (Å²) in [5, 5.41) is 0. The van der Waals surface area contributed by atoms with Crippen LogP contribution >= 0.6 is 0 Å². The van der Waals surface area contributed by atoms with Crippen LogP contribution in [0.3, 0.4) is 0 Å². The summed E-state index contributed by atoms with van der Waals surface area (Å²) in [4.78, 5) is 4.60. The lowest BCUT2D eigenvalue weighted by molar-refractivity contribution is -0.162. The molecule has 152 valence electrons. The number of imidazole rings is 1. The van der Waals surface area contributed by atoms with Gasteiger partial charge in [-0.3, -0.25) is 0 Å². The van der Waals surface area contributed by atoms with Crippen LogP contribution < -0.4 is 0 Å². The van der Waals surface area contributed by atoms with E-state index in [9.17, 15) is 26.3 Å². The van der Waals surface area contributed by atoms with E-state index in [1.165, 1.54) is 0 Å². The molecule has 3 aromatic rings. The van der Waals surface area contributed by atoms with E-state index >= 15 is 0 Å². The van der Waals surface area contributed by atoms with Gasteiger partial charge in [-0.25, -0.2) is 4.98 Å². The first-order valence-corrected chi connectivity index (χ1v) is 9.08. The van der Waals surface area contributed by atoms with Crippen LogP contribution in [-0.4, -0.2) is 9.55 Å². The zero-order chi connectivity index (χ0) is 20.8. The molecule has 0 amide bonds. The molecule has 0 atom stereocenters. The summed E-state index contributed by atoms with van der Waals surface area (Å²) >= 11 is 0. The van der Waals surface area contributed by atoms with E-state index in [2.05, 4.69) is 9.55 Å². The van der Waals surface area contributed by atoms with E-state index in [1.54, 1.807) is 24.3 Å². The van der Waals surface area contributed by atoms with Gasteiger partial charge in [0, 0.05) is 24.7 Å². The van der Waals surface area contributed by atoms with Gasteiger partial charge in [-0.2, -0.15) is 26.3 Å². The standard InChI is InChI=1S/C21H16F6N2/c22-20(23,24)16-9-8-15(11-17(16)21(25,26)27)13-4-6-14(7-5-13)18-12-29-10-2-1-3-19(29)28-18/h4-9,11-12H,1-3,10H2. The monoisotopic (exact) mass is 410 g/mol. The second-order valence-corrected chi connectivity index (χ2v) is 7.03. The van der Waals surface area contributed by atoms with E-state index in [4.69, 9.17) is 0 Å². The Hall–Kier alpha value is -2.77. The minimum Gasteiger partial charge on any atom is -0.334 e. The Morgan fingerprint density at radius 3 is 1.97 bits per heavy atom. The number of aryl methyl sites for hydroxylation is 2. The molecule has 29 heavy (non-hydrogen) atoms. The quantitative estimate of drug-likeness (QED) is 0.436. The van der Waals surface area contributed by atoms with Crippen molar-refractivity contribution in [2.45, 2.75) is 38.2 Å². The van der Waals surface area contributed by atoms with Crippen LogP contribution in [0.2, 0.25) is 0 Å². The number of nitrogens with zero attached hydrogens (tertiary/aromatic N) is 2. The molecule has 8 heteroatoms. The predicted octanol–water partition coefficient (Wildman–Crippen LogP) is 6.59. The molecule has 0 saturated heterocycles. The minimum atomic E-state index is -5.10. The van der Waals surface area contributed by atoms with Gasteiger partial charge in [0.2, 0.25) is 0 Å². The normalized spacial score (nSPS) is 14.7. The molecule has 0 bridgehead atoms. The molecule has 1 aliphatic rings. The SMILES string of the molecule is FC(F)(F)c1ccc(-c2ccc(-c3cn4c(n3)CCCC4)cc2)cc1C(F)(F)F. The maximum Gasteiger partial charge on any atom is 0.417 e. The molecule has 1 aromatic heterocycles. The van der Waals surface area contributed by atoms with E-state index in [-0.39, 0.29) is 5.56 Å². The zero-order valence-electron chi connectivity index (χ0n) is 15.1. The molecule has 4 rings (SSSR count). The fraction of sp³-hybridized carbons (Fsp3) is 0.286. The summed E-state index contributed by atoms with van der Waals surface area (Å²) in [6.07, 6.45) is -5.14. The Balaban J connectivity index is 1.68. The zero-order valence-corrected chi connectivity index (χ0v) is 15.1. The number of benzene rings is 2. The lowest BCUT2D eigenvalue weighted by Gasteiger charge is -2.16. The fourth-order valence-corrected chi connectivity index (χ4v) is 3.59. The number of fused-ring (bicyclic) bond motifs is 1. The second kappa shape index (κ2) is 6.93. The van der Waals surface area contributed by atoms with Crippen molar-refractivity contribution in [1.82, 2.24) is 9.55 Å². The van der Waals surface area contributed by atoms with Crippen LogP contribution in [0.4, 0.5) is 26.3 Å². The molecule has 0 N–H and O–H groups in total. The Morgan fingerprint density at radius 2 is 1.34 bits per heavy atom. The Morgan fingerprint density at radius 1 is 0.724 bits per heavy atom. The Bertz CT molecular complexity index is 1010. The van der Waals surface area contributed by atoms with Gasteiger partial charge in [0.05, 0.1) is 16.8 Å². The fourth-order valence-electron chi connectivity index (χ4n) is 3.59. The first-order chi connectivity index (χ1) is 13.6. The molecule has 0 spiro atoms. The van der Waals surface area contributed by atoms with Crippen LogP contribution in [0.15, 0.2) is 48.7 Å². The molecular formula is C21H16F6N2. The van der Waals surface area contributed by atoms with E-state index in [1.807, 2.05) is 6.20 Å². The van der Waals surface area contributed by atoms with E-state index in [0.29, 0.717) is 17.7 Å². The van der Waals surface area contributed by atoms with Gasteiger partial charge in [0.25, 0.3) is 0 Å². The lowest BCUT2D eigenvalue weighted by Crippen LogP contribution is -2.16. The minimum absolute atomic E-state index is 0.0704. The molecule has 0 unspecified atom stereocenters. The average molecular weight is 410 g/mol. The first kappa shape index (κ1) is 19.5. The summed E-state index contributed by atoms with van der Waals surface area (Å²) in [5.74, 6) is 1.01. The summed E-state index contributed by atoms with van der Waals surface area (Å²) < 4.78 is 80.4. The molecule has 2 nitrogen and oxygen atoms in total. The van der Waals surface area contributed by atoms with Crippen LogP contribution in [0.5, 0.6) is 0 Å². The molecule has 2 aromatic carbocycles. The molecule has 2 heterocycles. The van der Waals surface area contributed by atoms with Gasteiger partial charge < -0.3 is 4.57 Å². The van der Waals surface area contributed by atoms with Crippen LogP contribution in [0, 0.1) is 0 Å². The van der Waals surface area contributed by atoms with Crippen LogP contribution in [-0.2, 0) is 25.3 Å². The smallest absolute Gasteiger partial charge is 0.334 e. The highest BCUT2D eigenvalue weighted by Crippen LogP contribution is 2.42. The maximum atomic E-state index is 13.2. The van der Waals surface area contributed by atoms with Crippen LogP contribution in [0.1, 0.15) is 29.8 Å². The molecular weight excluding hydrogens is 394 g/mol. The van der Waals surface area contributed by atoms with Gasteiger partial charge in [-0.05, 0) is 36.1 Å². The van der Waals surface area contributed by atoms with Crippen molar-refractivity contribution in [2.75, 3.05) is 0 Å². The molecule has 0 saturated carbocycles. The topological polar surface area (TPSA) is 17.8 Å². The highest BCUT2D eigenvalue weighted by Gasteiger charge is 2.43. The number of rotatable bonds is 2. The Labute approximate surface area is 162 Å². The third kappa shape index (κ3) is 3.88. The summed E-state index contributed by atoms with van der Waals surface area (Å²) in [5.41, 5.74) is -1.32. The maximum absolute atomic E-state index is 13.2. The number of aromatic nitrogens is 2. The summed E-state index contributed by atoms with van der Waals surface area (Å²) in [6, 6.07) is 8.71. The number of hydrogen-bond donors (Lipinski definition) is 0. The number of hydrogen-bond acceptors (Lipinski definition) is 1. The number of alkyl halides is 6. The van der Waals surface area contributed by atoms with E-state index < -0.39 is 23.5 Å². The second-order valence-electron chi connectivity index (χ2n) is 7.03. The summed E-state index contributed by atoms with van der Waals surface area (Å²) in [7, 11) is 0.